The molecule has 104 valence electrons. The molecule has 0 amide bonds. The predicted molar refractivity (Wildman–Crippen MR) is 74.6 cm³/mol. The van der Waals surface area contributed by atoms with E-state index in [4.69, 9.17) is 15.2 Å². The Morgan fingerprint density at radius 3 is 2.75 bits per heavy atom. The molecule has 2 aromatic carbocycles. The highest BCUT2D eigenvalue weighted by molar-refractivity contribution is 5.92. The molecule has 5 heteroatoms. The molecule has 2 aromatic rings. The number of nitrogens with two attached hydrogens (primary N) is 1. The molecular formula is C15H15NO4. The van der Waals surface area contributed by atoms with Gasteiger partial charge in [-0.15, -0.1) is 0 Å². The number of phenolic OH excluding ortho intramolecular Hbond substituents is 1. The largest absolute Gasteiger partial charge is 0.507 e. The number of anilines is 1. The number of esters is 1. The predicted octanol–water partition coefficient (Wildman–Crippen LogP) is 2.34. The number of methoxy groups -OCH3 is 1. The second kappa shape index (κ2) is 5.97. The first-order chi connectivity index (χ1) is 9.60. The van der Waals surface area contributed by atoms with Crippen molar-refractivity contribution >= 4 is 11.7 Å². The van der Waals surface area contributed by atoms with Crippen molar-refractivity contribution < 1.29 is 19.4 Å². The van der Waals surface area contributed by atoms with Gasteiger partial charge in [-0.2, -0.15) is 0 Å². The normalized spacial score (nSPS) is 10.1. The van der Waals surface area contributed by atoms with Crippen molar-refractivity contribution in [1.29, 1.82) is 0 Å². The third kappa shape index (κ3) is 3.20. The van der Waals surface area contributed by atoms with Crippen molar-refractivity contribution in [3.8, 4) is 11.5 Å². The maximum absolute atomic E-state index is 11.9. The molecule has 0 radical (unpaired) electrons. The summed E-state index contributed by atoms with van der Waals surface area (Å²) in [5.74, 6) is -0.111. The van der Waals surface area contributed by atoms with Gasteiger partial charge >= 0.3 is 5.97 Å². The lowest BCUT2D eigenvalue weighted by molar-refractivity contribution is 0.0469. The molecular weight excluding hydrogens is 258 g/mol. The van der Waals surface area contributed by atoms with Crippen molar-refractivity contribution in [2.24, 2.45) is 0 Å². The molecule has 0 bridgehead atoms. The fourth-order valence-electron chi connectivity index (χ4n) is 1.71. The first-order valence-electron chi connectivity index (χ1n) is 5.98. The number of aromatic hydroxyl groups is 1. The van der Waals surface area contributed by atoms with E-state index in [0.29, 0.717) is 11.4 Å². The van der Waals surface area contributed by atoms with Crippen molar-refractivity contribution in [3.63, 3.8) is 0 Å². The lowest BCUT2D eigenvalue weighted by Crippen LogP contribution is -2.06. The Kier molecular flexibility index (Phi) is 4.10. The Bertz CT molecular complexity index is 625. The zero-order valence-electron chi connectivity index (χ0n) is 11.0. The third-order valence-corrected chi connectivity index (χ3v) is 2.75. The smallest absolute Gasteiger partial charge is 0.342 e. The number of benzene rings is 2. The van der Waals surface area contributed by atoms with Gasteiger partial charge in [-0.25, -0.2) is 4.79 Å². The van der Waals surface area contributed by atoms with Crippen LogP contribution in [-0.2, 0) is 11.3 Å². The quantitative estimate of drug-likeness (QED) is 0.660. The van der Waals surface area contributed by atoms with E-state index in [0.717, 1.165) is 5.56 Å². The number of phenols is 1. The summed E-state index contributed by atoms with van der Waals surface area (Å²) in [6, 6.07) is 11.5. The van der Waals surface area contributed by atoms with Gasteiger partial charge in [0.1, 0.15) is 23.7 Å². The maximum Gasteiger partial charge on any atom is 0.342 e. The van der Waals surface area contributed by atoms with Crippen LogP contribution in [0.25, 0.3) is 0 Å². The number of hydrogen-bond acceptors (Lipinski definition) is 5. The lowest BCUT2D eigenvalue weighted by atomic mass is 10.2. The molecule has 0 unspecified atom stereocenters. The summed E-state index contributed by atoms with van der Waals surface area (Å²) in [5.41, 5.74) is 6.76. The average Bonchev–Trinajstić information content (AvgIpc) is 2.45. The number of nitrogen functional groups attached to an aromatic ring is 1. The molecule has 0 aromatic heterocycles. The minimum absolute atomic E-state index is 0.0853. The van der Waals surface area contributed by atoms with Gasteiger partial charge in [-0.3, -0.25) is 0 Å². The number of carbonyl (C=O) groups is 1. The van der Waals surface area contributed by atoms with Crippen molar-refractivity contribution in [2.75, 3.05) is 12.8 Å². The van der Waals surface area contributed by atoms with Gasteiger partial charge in [-0.05, 0) is 29.8 Å². The van der Waals surface area contributed by atoms with Gasteiger partial charge in [0.05, 0.1) is 7.11 Å². The topological polar surface area (TPSA) is 81.8 Å². The van der Waals surface area contributed by atoms with Crippen LogP contribution in [0.1, 0.15) is 15.9 Å². The van der Waals surface area contributed by atoms with Crippen LogP contribution in [0.3, 0.4) is 0 Å². The molecule has 0 fully saturated rings. The molecule has 0 saturated heterocycles. The second-order valence-electron chi connectivity index (χ2n) is 4.20. The fourth-order valence-corrected chi connectivity index (χ4v) is 1.71. The molecule has 0 atom stereocenters. The zero-order valence-corrected chi connectivity index (χ0v) is 11.0. The van der Waals surface area contributed by atoms with Crippen molar-refractivity contribution in [2.45, 2.75) is 6.61 Å². The molecule has 2 rings (SSSR count). The molecule has 0 aliphatic carbocycles. The fraction of sp³-hybridized carbons (Fsp3) is 0.133. The maximum atomic E-state index is 11.9. The summed E-state index contributed by atoms with van der Waals surface area (Å²) < 4.78 is 10.2. The highest BCUT2D eigenvalue weighted by Crippen LogP contribution is 2.21. The van der Waals surface area contributed by atoms with Crippen LogP contribution >= 0.6 is 0 Å². The molecule has 5 nitrogen and oxygen atoms in total. The van der Waals surface area contributed by atoms with E-state index >= 15 is 0 Å². The van der Waals surface area contributed by atoms with Crippen LogP contribution in [-0.4, -0.2) is 18.2 Å². The van der Waals surface area contributed by atoms with Crippen LogP contribution in [0.2, 0.25) is 0 Å². The van der Waals surface area contributed by atoms with Gasteiger partial charge in [0.15, 0.2) is 0 Å². The standard InChI is InChI=1S/C15H15NO4/c1-19-12-4-2-3-10(7-12)9-20-15(18)13-6-5-11(16)8-14(13)17/h2-8,17H,9,16H2,1H3. The lowest BCUT2D eigenvalue weighted by Gasteiger charge is -2.08. The van der Waals surface area contributed by atoms with E-state index in [1.165, 1.54) is 18.2 Å². The Labute approximate surface area is 116 Å². The molecule has 0 aliphatic heterocycles. The van der Waals surface area contributed by atoms with Crippen LogP contribution in [0.4, 0.5) is 5.69 Å². The van der Waals surface area contributed by atoms with Gasteiger partial charge in [0, 0.05) is 11.8 Å². The Morgan fingerprint density at radius 1 is 1.25 bits per heavy atom. The van der Waals surface area contributed by atoms with E-state index in [1.54, 1.807) is 19.2 Å². The van der Waals surface area contributed by atoms with E-state index in [-0.39, 0.29) is 17.9 Å². The molecule has 20 heavy (non-hydrogen) atoms. The molecule has 0 aliphatic rings. The van der Waals surface area contributed by atoms with E-state index in [2.05, 4.69) is 0 Å². The van der Waals surface area contributed by atoms with Crippen molar-refractivity contribution in [3.05, 3.63) is 53.6 Å². The Hall–Kier alpha value is -2.69. The minimum Gasteiger partial charge on any atom is -0.507 e. The highest BCUT2D eigenvalue weighted by atomic mass is 16.5. The Balaban J connectivity index is 2.04. The molecule has 3 N–H and O–H groups in total. The number of rotatable bonds is 4. The summed E-state index contributed by atoms with van der Waals surface area (Å²) in [5, 5.41) is 9.64. The zero-order chi connectivity index (χ0) is 14.5. The van der Waals surface area contributed by atoms with E-state index in [1.807, 2.05) is 12.1 Å². The number of carbonyl (C=O) groups excluding carboxylic acids is 1. The van der Waals surface area contributed by atoms with Crippen LogP contribution in [0.15, 0.2) is 42.5 Å². The summed E-state index contributed by atoms with van der Waals surface area (Å²) in [4.78, 5) is 11.9. The number of hydrogen-bond donors (Lipinski definition) is 2. The van der Waals surface area contributed by atoms with Gasteiger partial charge in [0.2, 0.25) is 0 Å². The van der Waals surface area contributed by atoms with Gasteiger partial charge in [-0.1, -0.05) is 12.1 Å². The van der Waals surface area contributed by atoms with E-state index in [9.17, 15) is 9.90 Å². The van der Waals surface area contributed by atoms with Crippen LogP contribution < -0.4 is 10.5 Å². The minimum atomic E-state index is -0.606. The third-order valence-electron chi connectivity index (χ3n) is 2.75. The summed E-state index contributed by atoms with van der Waals surface area (Å²) in [6.07, 6.45) is 0. The highest BCUT2D eigenvalue weighted by Gasteiger charge is 2.12. The summed E-state index contributed by atoms with van der Waals surface area (Å²) in [7, 11) is 1.57. The second-order valence-corrected chi connectivity index (χ2v) is 4.20. The average molecular weight is 273 g/mol. The SMILES string of the molecule is COc1cccc(COC(=O)c2ccc(N)cc2O)c1. The first-order valence-corrected chi connectivity index (χ1v) is 5.98. The van der Waals surface area contributed by atoms with Crippen molar-refractivity contribution in [1.82, 2.24) is 0 Å². The number of ether oxygens (including phenoxy) is 2. The van der Waals surface area contributed by atoms with Crippen LogP contribution in [0.5, 0.6) is 11.5 Å². The van der Waals surface area contributed by atoms with Gasteiger partial charge < -0.3 is 20.3 Å². The molecule has 0 saturated carbocycles. The molecule has 0 heterocycles. The summed E-state index contributed by atoms with van der Waals surface area (Å²) >= 11 is 0. The summed E-state index contributed by atoms with van der Waals surface area (Å²) in [6.45, 7) is 0.0971. The van der Waals surface area contributed by atoms with E-state index < -0.39 is 5.97 Å². The first kappa shape index (κ1) is 13.7. The van der Waals surface area contributed by atoms with Gasteiger partial charge in [0.25, 0.3) is 0 Å². The van der Waals surface area contributed by atoms with Crippen LogP contribution in [0, 0.1) is 0 Å². The molecule has 0 spiro atoms. The monoisotopic (exact) mass is 273 g/mol. The Morgan fingerprint density at radius 2 is 2.05 bits per heavy atom.